The van der Waals surface area contributed by atoms with E-state index in [1.807, 2.05) is 41.5 Å². The molecule has 6 heterocycles. The first kappa shape index (κ1) is 18.7. The van der Waals surface area contributed by atoms with Gasteiger partial charge in [0.25, 0.3) is 5.91 Å². The van der Waals surface area contributed by atoms with Crippen LogP contribution in [0.3, 0.4) is 0 Å². The lowest BCUT2D eigenvalue weighted by Crippen LogP contribution is -2.29. The molecule has 1 fully saturated rings. The number of carbonyl (C=O) groups is 1. The van der Waals surface area contributed by atoms with Crippen LogP contribution >= 0.6 is 0 Å². The smallest absolute Gasteiger partial charge is 0.257 e. The third-order valence-electron chi connectivity index (χ3n) is 5.92. The predicted molar refractivity (Wildman–Crippen MR) is 119 cm³/mol. The number of hydrogen-bond acceptors (Lipinski definition) is 6. The molecule has 0 radical (unpaired) electrons. The molecule has 10 nitrogen and oxygen atoms in total. The Morgan fingerprint density at radius 1 is 1.09 bits per heavy atom. The first-order valence-corrected chi connectivity index (χ1v) is 10.6. The number of anilines is 1. The summed E-state index contributed by atoms with van der Waals surface area (Å²) in [6, 6.07) is 6.11. The van der Waals surface area contributed by atoms with Crippen molar-refractivity contribution in [3.05, 3.63) is 61.1 Å². The van der Waals surface area contributed by atoms with Gasteiger partial charge in [0.15, 0.2) is 5.65 Å². The number of rotatable bonds is 4. The van der Waals surface area contributed by atoms with Crippen LogP contribution in [-0.2, 0) is 0 Å². The molecule has 32 heavy (non-hydrogen) atoms. The lowest BCUT2D eigenvalue weighted by Gasteiger charge is -2.22. The Morgan fingerprint density at radius 2 is 2.00 bits per heavy atom. The van der Waals surface area contributed by atoms with Crippen LogP contribution in [0.25, 0.3) is 27.8 Å². The fourth-order valence-corrected chi connectivity index (χ4v) is 4.22. The second-order valence-corrected chi connectivity index (χ2v) is 7.95. The summed E-state index contributed by atoms with van der Waals surface area (Å²) in [6.07, 6.45) is 12.6. The third kappa shape index (κ3) is 3.30. The molecule has 10 heteroatoms. The van der Waals surface area contributed by atoms with Crippen LogP contribution in [-0.4, -0.2) is 53.3 Å². The molecule has 0 bridgehead atoms. The van der Waals surface area contributed by atoms with Crippen LogP contribution in [0.4, 0.5) is 5.69 Å². The van der Waals surface area contributed by atoms with Gasteiger partial charge in [0.1, 0.15) is 12.0 Å². The Labute approximate surface area is 182 Å². The minimum atomic E-state index is -0.219. The van der Waals surface area contributed by atoms with Crippen molar-refractivity contribution in [2.45, 2.75) is 18.9 Å². The van der Waals surface area contributed by atoms with Crippen LogP contribution < -0.4 is 10.6 Å². The van der Waals surface area contributed by atoms with E-state index < -0.39 is 0 Å². The Bertz CT molecular complexity index is 1420. The molecule has 5 aromatic heterocycles. The lowest BCUT2D eigenvalue weighted by atomic mass is 10.1. The van der Waals surface area contributed by atoms with Crippen LogP contribution in [0.2, 0.25) is 0 Å². The highest BCUT2D eigenvalue weighted by Crippen LogP contribution is 2.28. The lowest BCUT2D eigenvalue weighted by molar-refractivity contribution is 0.102. The van der Waals surface area contributed by atoms with Gasteiger partial charge in [-0.3, -0.25) is 9.48 Å². The second-order valence-electron chi connectivity index (χ2n) is 7.95. The Hall–Kier alpha value is -4.05. The maximum absolute atomic E-state index is 12.9. The number of fused-ring (bicyclic) bond motifs is 2. The average Bonchev–Trinajstić information content (AvgIpc) is 3.58. The molecule has 0 aromatic carbocycles. The molecular weight excluding hydrogens is 406 g/mol. The van der Waals surface area contributed by atoms with Crippen molar-refractivity contribution in [1.29, 1.82) is 0 Å². The van der Waals surface area contributed by atoms with Gasteiger partial charge in [0.2, 0.25) is 0 Å². The summed E-state index contributed by atoms with van der Waals surface area (Å²) in [5.41, 5.74) is 4.55. The van der Waals surface area contributed by atoms with E-state index in [9.17, 15) is 4.79 Å². The fourth-order valence-electron chi connectivity index (χ4n) is 4.22. The van der Waals surface area contributed by atoms with Crippen LogP contribution in [0.5, 0.6) is 0 Å². The van der Waals surface area contributed by atoms with E-state index in [0.717, 1.165) is 48.1 Å². The van der Waals surface area contributed by atoms with E-state index in [1.54, 1.807) is 16.9 Å². The number of aromatic amines is 1. The van der Waals surface area contributed by atoms with Crippen molar-refractivity contribution in [1.82, 2.24) is 39.7 Å². The van der Waals surface area contributed by atoms with Crippen LogP contribution in [0.15, 0.2) is 55.5 Å². The number of piperidine rings is 1. The molecule has 5 aromatic rings. The maximum atomic E-state index is 12.9. The van der Waals surface area contributed by atoms with Gasteiger partial charge in [0.05, 0.1) is 23.5 Å². The summed E-state index contributed by atoms with van der Waals surface area (Å²) in [5.74, 6) is -0.219. The van der Waals surface area contributed by atoms with Gasteiger partial charge in [-0.25, -0.2) is 14.5 Å². The minimum absolute atomic E-state index is 0.219. The molecule has 0 spiro atoms. The third-order valence-corrected chi connectivity index (χ3v) is 5.92. The molecule has 3 N–H and O–H groups in total. The zero-order valence-corrected chi connectivity index (χ0v) is 17.2. The van der Waals surface area contributed by atoms with Crippen molar-refractivity contribution >= 4 is 28.3 Å². The molecule has 0 unspecified atom stereocenters. The average molecular weight is 427 g/mol. The molecule has 1 aliphatic heterocycles. The number of hydrogen-bond donors (Lipinski definition) is 3. The van der Waals surface area contributed by atoms with E-state index in [1.165, 1.54) is 6.33 Å². The molecule has 6 rings (SSSR count). The van der Waals surface area contributed by atoms with E-state index in [4.69, 9.17) is 0 Å². The first-order valence-electron chi connectivity index (χ1n) is 10.6. The highest BCUT2D eigenvalue weighted by molar-refractivity contribution is 6.07. The van der Waals surface area contributed by atoms with E-state index in [-0.39, 0.29) is 5.91 Å². The SMILES string of the molecule is O=C(Nc1cnn(C2CCNCC2)c1)c1cnc2[nH]cc(-c3ccc4ncnn4c3)c2c1. The molecule has 0 aliphatic carbocycles. The Kier molecular flexibility index (Phi) is 4.43. The van der Waals surface area contributed by atoms with E-state index >= 15 is 0 Å². The second kappa shape index (κ2) is 7.57. The molecule has 0 atom stereocenters. The summed E-state index contributed by atoms with van der Waals surface area (Å²) in [4.78, 5) is 24.7. The normalized spacial score (nSPS) is 14.9. The molecule has 160 valence electrons. The van der Waals surface area contributed by atoms with E-state index in [2.05, 4.69) is 35.8 Å². The number of amides is 1. The molecular formula is C22H21N9O. The van der Waals surface area contributed by atoms with Crippen molar-refractivity contribution in [3.8, 4) is 11.1 Å². The van der Waals surface area contributed by atoms with Gasteiger partial charge >= 0.3 is 0 Å². The molecule has 1 aliphatic rings. The molecule has 0 saturated carbocycles. The fraction of sp³-hybridized carbons (Fsp3) is 0.227. The Balaban J connectivity index is 1.27. The quantitative estimate of drug-likeness (QED) is 0.406. The largest absolute Gasteiger partial charge is 0.346 e. The summed E-state index contributed by atoms with van der Waals surface area (Å²) in [6.45, 7) is 1.97. The first-order chi connectivity index (χ1) is 15.7. The van der Waals surface area contributed by atoms with Crippen LogP contribution in [0.1, 0.15) is 29.2 Å². The van der Waals surface area contributed by atoms with Gasteiger partial charge in [-0.2, -0.15) is 10.2 Å². The summed E-state index contributed by atoms with van der Waals surface area (Å²) in [5, 5.41) is 15.8. The van der Waals surface area contributed by atoms with Gasteiger partial charge < -0.3 is 15.6 Å². The van der Waals surface area contributed by atoms with Crippen LogP contribution in [0, 0.1) is 0 Å². The summed E-state index contributed by atoms with van der Waals surface area (Å²) in [7, 11) is 0. The highest BCUT2D eigenvalue weighted by Gasteiger charge is 2.17. The highest BCUT2D eigenvalue weighted by atomic mass is 16.1. The summed E-state index contributed by atoms with van der Waals surface area (Å²) >= 11 is 0. The van der Waals surface area contributed by atoms with Gasteiger partial charge in [-0.05, 0) is 44.1 Å². The van der Waals surface area contributed by atoms with Gasteiger partial charge in [-0.15, -0.1) is 0 Å². The van der Waals surface area contributed by atoms with Gasteiger partial charge in [-0.1, -0.05) is 0 Å². The zero-order valence-electron chi connectivity index (χ0n) is 17.2. The predicted octanol–water partition coefficient (Wildman–Crippen LogP) is 2.65. The topological polar surface area (TPSA) is 118 Å². The maximum Gasteiger partial charge on any atom is 0.257 e. The van der Waals surface area contributed by atoms with Crippen molar-refractivity contribution in [2.75, 3.05) is 18.4 Å². The summed E-state index contributed by atoms with van der Waals surface area (Å²) < 4.78 is 3.67. The number of carbonyl (C=O) groups excluding carboxylic acids is 1. The molecule has 1 saturated heterocycles. The monoisotopic (exact) mass is 427 g/mol. The minimum Gasteiger partial charge on any atom is -0.346 e. The zero-order chi connectivity index (χ0) is 21.5. The van der Waals surface area contributed by atoms with E-state index in [0.29, 0.717) is 22.9 Å². The number of aromatic nitrogens is 7. The number of nitrogens with one attached hydrogen (secondary N) is 3. The van der Waals surface area contributed by atoms with Crippen molar-refractivity contribution < 1.29 is 4.79 Å². The number of H-pyrrole nitrogens is 1. The number of pyridine rings is 2. The van der Waals surface area contributed by atoms with Crippen molar-refractivity contribution in [2.24, 2.45) is 0 Å². The Morgan fingerprint density at radius 3 is 2.91 bits per heavy atom. The standard InChI is InChI=1S/C22H21N9O/c32-22(29-16-9-27-30(12-16)17-3-5-23-6-4-17)15-7-18-19(10-25-21(18)24-8-15)14-1-2-20-26-13-28-31(20)11-14/h1-2,7-13,17,23H,3-6H2,(H,24,25)(H,29,32). The van der Waals surface area contributed by atoms with Gasteiger partial charge in [0, 0.05) is 41.3 Å². The van der Waals surface area contributed by atoms with Crippen molar-refractivity contribution in [3.63, 3.8) is 0 Å². The number of nitrogens with zero attached hydrogens (tertiary/aromatic N) is 6. The molecule has 1 amide bonds.